The van der Waals surface area contributed by atoms with Gasteiger partial charge >= 0.3 is 0 Å². The second-order valence-electron chi connectivity index (χ2n) is 6.98. The summed E-state index contributed by atoms with van der Waals surface area (Å²) in [6.07, 6.45) is 0. The van der Waals surface area contributed by atoms with Crippen LogP contribution in [0.15, 0.2) is 29.3 Å². The molecule has 0 amide bonds. The summed E-state index contributed by atoms with van der Waals surface area (Å²) in [6.45, 7) is 11.5. The summed E-state index contributed by atoms with van der Waals surface area (Å²) in [4.78, 5) is 8.97. The molecule has 146 valence electrons. The maximum absolute atomic E-state index is 5.89. The summed E-state index contributed by atoms with van der Waals surface area (Å²) in [6, 6.07) is 8.10. The number of benzene rings is 1. The minimum absolute atomic E-state index is 0.557. The van der Waals surface area contributed by atoms with Crippen molar-refractivity contribution in [3.8, 4) is 5.75 Å². The van der Waals surface area contributed by atoms with Crippen LogP contribution in [0, 0.1) is 12.8 Å². The molecule has 1 heterocycles. The third-order valence-corrected chi connectivity index (χ3v) is 4.63. The van der Waals surface area contributed by atoms with Crippen LogP contribution in [0.25, 0.3) is 0 Å². The number of guanidine groups is 1. The van der Waals surface area contributed by atoms with Crippen LogP contribution in [0.5, 0.6) is 5.75 Å². The van der Waals surface area contributed by atoms with E-state index in [0.717, 1.165) is 63.2 Å². The van der Waals surface area contributed by atoms with Gasteiger partial charge in [0.05, 0.1) is 19.8 Å². The first-order valence-corrected chi connectivity index (χ1v) is 9.50. The number of aryl methyl sites for hydroxylation is 1. The van der Waals surface area contributed by atoms with Crippen LogP contribution in [-0.4, -0.2) is 82.4 Å². The molecule has 1 aromatic rings. The van der Waals surface area contributed by atoms with E-state index in [4.69, 9.17) is 9.47 Å². The van der Waals surface area contributed by atoms with Gasteiger partial charge in [-0.1, -0.05) is 25.1 Å². The van der Waals surface area contributed by atoms with Crippen molar-refractivity contribution in [1.82, 2.24) is 15.1 Å². The molecule has 0 bridgehead atoms. The maximum atomic E-state index is 5.89. The molecule has 1 saturated heterocycles. The molecule has 6 nitrogen and oxygen atoms in total. The number of hydrogen-bond donors (Lipinski definition) is 1. The lowest BCUT2D eigenvalue weighted by atomic mass is 10.1. The van der Waals surface area contributed by atoms with Gasteiger partial charge < -0.3 is 19.7 Å². The van der Waals surface area contributed by atoms with Crippen molar-refractivity contribution in [1.29, 1.82) is 0 Å². The number of rotatable bonds is 8. The van der Waals surface area contributed by atoms with Crippen LogP contribution >= 0.6 is 0 Å². The van der Waals surface area contributed by atoms with Crippen LogP contribution in [0.2, 0.25) is 0 Å². The lowest BCUT2D eigenvalue weighted by Crippen LogP contribution is -2.45. The van der Waals surface area contributed by atoms with Gasteiger partial charge in [0, 0.05) is 40.3 Å². The lowest BCUT2D eigenvalue weighted by molar-refractivity contribution is 0.0320. The Labute approximate surface area is 158 Å². The number of nitrogens with zero attached hydrogens (tertiary/aromatic N) is 3. The van der Waals surface area contributed by atoms with E-state index in [-0.39, 0.29) is 0 Å². The van der Waals surface area contributed by atoms with Gasteiger partial charge in [0.25, 0.3) is 0 Å². The Morgan fingerprint density at radius 2 is 2.08 bits per heavy atom. The molecule has 0 spiro atoms. The molecule has 1 aromatic carbocycles. The second-order valence-corrected chi connectivity index (χ2v) is 6.98. The SMILES string of the molecule is CN=C(NCC(C)CN1CCOCC1)N(C)CCOc1ccccc1C. The number of hydrogen-bond acceptors (Lipinski definition) is 4. The summed E-state index contributed by atoms with van der Waals surface area (Å²) in [5.41, 5.74) is 1.16. The summed E-state index contributed by atoms with van der Waals surface area (Å²) >= 11 is 0. The molecular weight excluding hydrogens is 328 g/mol. The minimum atomic E-state index is 0.557. The monoisotopic (exact) mass is 362 g/mol. The van der Waals surface area contributed by atoms with Crippen molar-refractivity contribution in [2.24, 2.45) is 10.9 Å². The molecule has 1 unspecified atom stereocenters. The topological polar surface area (TPSA) is 49.3 Å². The van der Waals surface area contributed by atoms with Gasteiger partial charge in [-0.05, 0) is 24.5 Å². The van der Waals surface area contributed by atoms with E-state index in [1.165, 1.54) is 0 Å². The van der Waals surface area contributed by atoms with Crippen LogP contribution < -0.4 is 10.1 Å². The number of aliphatic imine (C=N–C) groups is 1. The highest BCUT2D eigenvalue weighted by Crippen LogP contribution is 2.15. The van der Waals surface area contributed by atoms with Crippen molar-refractivity contribution < 1.29 is 9.47 Å². The molecule has 26 heavy (non-hydrogen) atoms. The van der Waals surface area contributed by atoms with Crippen LogP contribution in [0.3, 0.4) is 0 Å². The smallest absolute Gasteiger partial charge is 0.193 e. The van der Waals surface area contributed by atoms with E-state index in [1.807, 2.05) is 32.3 Å². The molecule has 1 aliphatic rings. The summed E-state index contributed by atoms with van der Waals surface area (Å²) in [5.74, 6) is 2.41. The highest BCUT2D eigenvalue weighted by molar-refractivity contribution is 5.79. The van der Waals surface area contributed by atoms with Crippen molar-refractivity contribution in [2.75, 3.05) is 66.6 Å². The van der Waals surface area contributed by atoms with Crippen LogP contribution in [0.1, 0.15) is 12.5 Å². The quantitative estimate of drug-likeness (QED) is 0.565. The van der Waals surface area contributed by atoms with Gasteiger partial charge in [0.1, 0.15) is 12.4 Å². The van der Waals surface area contributed by atoms with E-state index < -0.39 is 0 Å². The van der Waals surface area contributed by atoms with Gasteiger partial charge in [0.2, 0.25) is 0 Å². The molecular formula is C20H34N4O2. The van der Waals surface area contributed by atoms with Crippen molar-refractivity contribution in [2.45, 2.75) is 13.8 Å². The fraction of sp³-hybridized carbons (Fsp3) is 0.650. The Balaban J connectivity index is 1.68. The largest absolute Gasteiger partial charge is 0.491 e. The first kappa shape index (κ1) is 20.5. The van der Waals surface area contributed by atoms with Gasteiger partial charge in [-0.3, -0.25) is 9.89 Å². The number of ether oxygens (including phenoxy) is 2. The third kappa shape index (κ3) is 6.84. The minimum Gasteiger partial charge on any atom is -0.491 e. The standard InChI is InChI=1S/C20H34N4O2/c1-17(16-24-10-12-25-13-11-24)15-22-20(21-3)23(4)9-14-26-19-8-6-5-7-18(19)2/h5-8,17H,9-16H2,1-4H3,(H,21,22). The summed E-state index contributed by atoms with van der Waals surface area (Å²) in [5, 5.41) is 3.48. The van der Waals surface area contributed by atoms with E-state index >= 15 is 0 Å². The van der Waals surface area contributed by atoms with Gasteiger partial charge in [-0.25, -0.2) is 0 Å². The van der Waals surface area contributed by atoms with Crippen molar-refractivity contribution in [3.63, 3.8) is 0 Å². The Hall–Kier alpha value is -1.79. The normalized spacial score (nSPS) is 17.0. The van der Waals surface area contributed by atoms with Crippen LogP contribution in [0.4, 0.5) is 0 Å². The summed E-state index contributed by atoms with van der Waals surface area (Å²) < 4.78 is 11.3. The first-order valence-electron chi connectivity index (χ1n) is 9.50. The molecule has 1 fully saturated rings. The fourth-order valence-electron chi connectivity index (χ4n) is 3.06. The van der Waals surface area contributed by atoms with E-state index in [1.54, 1.807) is 0 Å². The predicted molar refractivity (Wildman–Crippen MR) is 107 cm³/mol. The number of para-hydroxylation sites is 1. The number of likely N-dealkylation sites (N-methyl/N-ethyl adjacent to an activating group) is 1. The highest BCUT2D eigenvalue weighted by Gasteiger charge is 2.14. The molecule has 0 aromatic heterocycles. The van der Waals surface area contributed by atoms with Gasteiger partial charge in [0.15, 0.2) is 5.96 Å². The predicted octanol–water partition coefficient (Wildman–Crippen LogP) is 1.85. The van der Waals surface area contributed by atoms with E-state index in [2.05, 4.69) is 40.0 Å². The zero-order valence-corrected chi connectivity index (χ0v) is 16.7. The second kappa shape index (κ2) is 11.0. The number of morpholine rings is 1. The molecule has 6 heteroatoms. The maximum Gasteiger partial charge on any atom is 0.193 e. The molecule has 0 saturated carbocycles. The lowest BCUT2D eigenvalue weighted by Gasteiger charge is -2.30. The Morgan fingerprint density at radius 3 is 2.77 bits per heavy atom. The van der Waals surface area contributed by atoms with E-state index in [0.29, 0.717) is 12.5 Å². The zero-order chi connectivity index (χ0) is 18.8. The molecule has 1 atom stereocenters. The molecule has 1 aliphatic heterocycles. The Kier molecular flexibility index (Phi) is 8.71. The molecule has 0 aliphatic carbocycles. The molecule has 0 radical (unpaired) electrons. The molecule has 1 N–H and O–H groups in total. The van der Waals surface area contributed by atoms with Crippen molar-refractivity contribution in [3.05, 3.63) is 29.8 Å². The first-order chi connectivity index (χ1) is 12.6. The van der Waals surface area contributed by atoms with E-state index in [9.17, 15) is 0 Å². The average molecular weight is 363 g/mol. The average Bonchev–Trinajstić information content (AvgIpc) is 2.64. The zero-order valence-electron chi connectivity index (χ0n) is 16.7. The molecule has 2 rings (SSSR count). The Bertz CT molecular complexity index is 558. The van der Waals surface area contributed by atoms with Crippen LogP contribution in [-0.2, 0) is 4.74 Å². The van der Waals surface area contributed by atoms with Gasteiger partial charge in [-0.2, -0.15) is 0 Å². The summed E-state index contributed by atoms with van der Waals surface area (Å²) in [7, 11) is 3.87. The third-order valence-electron chi connectivity index (χ3n) is 4.63. The number of nitrogens with one attached hydrogen (secondary N) is 1. The highest BCUT2D eigenvalue weighted by atomic mass is 16.5. The van der Waals surface area contributed by atoms with Gasteiger partial charge in [-0.15, -0.1) is 0 Å². The fourth-order valence-corrected chi connectivity index (χ4v) is 3.06. The Morgan fingerprint density at radius 1 is 1.35 bits per heavy atom. The van der Waals surface area contributed by atoms with Crippen molar-refractivity contribution >= 4 is 5.96 Å².